The zero-order valence-corrected chi connectivity index (χ0v) is 19.0. The number of nitrogens with one attached hydrogen (secondary N) is 2. The largest absolute Gasteiger partial charge is 0.456 e. The van der Waals surface area contributed by atoms with E-state index in [-0.39, 0.29) is 18.7 Å². The van der Waals surface area contributed by atoms with Gasteiger partial charge in [0.2, 0.25) is 5.91 Å². The highest BCUT2D eigenvalue weighted by atomic mass is 79.9. The lowest BCUT2D eigenvalue weighted by atomic mass is 10.1. The van der Waals surface area contributed by atoms with Crippen molar-refractivity contribution in [3.05, 3.63) is 69.7 Å². The van der Waals surface area contributed by atoms with E-state index in [0.717, 1.165) is 15.2 Å². The molecule has 0 atom stereocenters. The maximum atomic E-state index is 12.2. The fourth-order valence-electron chi connectivity index (χ4n) is 2.95. The summed E-state index contributed by atoms with van der Waals surface area (Å²) < 4.78 is 5.69. The van der Waals surface area contributed by atoms with E-state index in [1.54, 1.807) is 25.1 Å². The van der Waals surface area contributed by atoms with Crippen LogP contribution in [0.15, 0.2) is 59.1 Å². The van der Waals surface area contributed by atoms with Gasteiger partial charge in [-0.15, -0.1) is 0 Å². The molecule has 0 aliphatic heterocycles. The van der Waals surface area contributed by atoms with Crippen molar-refractivity contribution in [2.45, 2.75) is 19.8 Å². The Bertz CT molecular complexity index is 1140. The van der Waals surface area contributed by atoms with E-state index >= 15 is 0 Å². The lowest BCUT2D eigenvalue weighted by molar-refractivity contribution is -0.147. The first-order valence-corrected chi connectivity index (χ1v) is 10.7. The molecule has 0 aromatic heterocycles. The predicted octanol–water partition coefficient (Wildman–Crippen LogP) is 5.46. The summed E-state index contributed by atoms with van der Waals surface area (Å²) in [5, 5.41) is 7.88. The summed E-state index contributed by atoms with van der Waals surface area (Å²) in [6, 6.07) is 16.7. The molecule has 2 amide bonds. The Morgan fingerprint density at radius 3 is 2.42 bits per heavy atom. The summed E-state index contributed by atoms with van der Waals surface area (Å²) in [7, 11) is 0. The van der Waals surface area contributed by atoms with E-state index < -0.39 is 18.5 Å². The molecule has 3 aromatic rings. The van der Waals surface area contributed by atoms with E-state index in [1.165, 1.54) is 0 Å². The highest BCUT2D eigenvalue weighted by Crippen LogP contribution is 2.31. The van der Waals surface area contributed by atoms with Crippen molar-refractivity contribution < 1.29 is 19.1 Å². The van der Waals surface area contributed by atoms with E-state index in [2.05, 4.69) is 26.6 Å². The number of amides is 2. The average molecular weight is 504 g/mol. The van der Waals surface area contributed by atoms with Crippen LogP contribution in [0.4, 0.5) is 11.4 Å². The predicted molar refractivity (Wildman–Crippen MR) is 125 cm³/mol. The molecule has 0 spiro atoms. The van der Waals surface area contributed by atoms with Gasteiger partial charge in [0.1, 0.15) is 0 Å². The molecule has 6 nitrogen and oxygen atoms in total. The maximum absolute atomic E-state index is 12.2. The minimum Gasteiger partial charge on any atom is -0.456 e. The molecule has 0 aliphatic carbocycles. The molecular weight excluding hydrogens is 484 g/mol. The maximum Gasteiger partial charge on any atom is 0.306 e. The van der Waals surface area contributed by atoms with Crippen LogP contribution in [0.3, 0.4) is 0 Å². The number of rotatable bonds is 7. The molecule has 0 unspecified atom stereocenters. The highest BCUT2D eigenvalue weighted by molar-refractivity contribution is 9.10. The molecule has 31 heavy (non-hydrogen) atoms. The van der Waals surface area contributed by atoms with Gasteiger partial charge in [-0.1, -0.05) is 48.0 Å². The van der Waals surface area contributed by atoms with Crippen LogP contribution in [-0.2, 0) is 19.1 Å². The third kappa shape index (κ3) is 6.06. The number of esters is 1. The molecule has 0 fully saturated rings. The molecule has 3 aromatic carbocycles. The number of hydrogen-bond donors (Lipinski definition) is 2. The smallest absolute Gasteiger partial charge is 0.306 e. The van der Waals surface area contributed by atoms with Crippen LogP contribution < -0.4 is 10.6 Å². The molecular formula is C23H20BrClN2O4. The number of ether oxygens (including phenoxy) is 1. The van der Waals surface area contributed by atoms with Gasteiger partial charge in [0.15, 0.2) is 6.61 Å². The molecule has 0 saturated heterocycles. The van der Waals surface area contributed by atoms with Crippen molar-refractivity contribution in [1.82, 2.24) is 0 Å². The average Bonchev–Trinajstić information content (AvgIpc) is 2.77. The zero-order valence-electron chi connectivity index (χ0n) is 16.7. The third-order valence-electron chi connectivity index (χ3n) is 4.60. The van der Waals surface area contributed by atoms with Crippen LogP contribution in [0.5, 0.6) is 0 Å². The quantitative estimate of drug-likeness (QED) is 0.419. The Morgan fingerprint density at radius 2 is 1.61 bits per heavy atom. The first-order valence-electron chi connectivity index (χ1n) is 9.53. The van der Waals surface area contributed by atoms with Crippen molar-refractivity contribution in [1.29, 1.82) is 0 Å². The SMILES string of the molecule is Cc1c(NC(=O)COC(=O)CCC(=O)Nc2cccc3ccccc23)ccc(Br)c1Cl. The normalized spacial score (nSPS) is 10.5. The lowest BCUT2D eigenvalue weighted by Gasteiger charge is -2.11. The second kappa shape index (κ2) is 10.4. The molecule has 0 radical (unpaired) electrons. The minimum atomic E-state index is -0.631. The highest BCUT2D eigenvalue weighted by Gasteiger charge is 2.13. The van der Waals surface area contributed by atoms with Gasteiger partial charge in [0.25, 0.3) is 5.91 Å². The van der Waals surface area contributed by atoms with Gasteiger partial charge in [-0.05, 0) is 52.0 Å². The van der Waals surface area contributed by atoms with Crippen molar-refractivity contribution in [3.8, 4) is 0 Å². The fraction of sp³-hybridized carbons (Fsp3) is 0.174. The van der Waals surface area contributed by atoms with E-state index in [4.69, 9.17) is 16.3 Å². The Morgan fingerprint density at radius 1 is 0.903 bits per heavy atom. The topological polar surface area (TPSA) is 84.5 Å². The molecule has 2 N–H and O–H groups in total. The number of fused-ring (bicyclic) bond motifs is 1. The van der Waals surface area contributed by atoms with Gasteiger partial charge in [-0.25, -0.2) is 0 Å². The molecule has 0 saturated carbocycles. The van der Waals surface area contributed by atoms with Crippen LogP contribution in [0.25, 0.3) is 10.8 Å². The number of carbonyl (C=O) groups is 3. The first-order chi connectivity index (χ1) is 14.8. The van der Waals surface area contributed by atoms with Crippen LogP contribution in [0.1, 0.15) is 18.4 Å². The Hall–Kier alpha value is -2.90. The van der Waals surface area contributed by atoms with Crippen LogP contribution in [-0.4, -0.2) is 24.4 Å². The number of hydrogen-bond acceptors (Lipinski definition) is 4. The number of carbonyl (C=O) groups excluding carboxylic acids is 3. The van der Waals surface area contributed by atoms with Gasteiger partial charge in [-0.3, -0.25) is 14.4 Å². The van der Waals surface area contributed by atoms with Crippen molar-refractivity contribution >= 4 is 67.5 Å². The molecule has 3 rings (SSSR count). The summed E-state index contributed by atoms with van der Waals surface area (Å²) in [6.07, 6.45) is -0.182. The van der Waals surface area contributed by atoms with Gasteiger partial charge in [0.05, 0.1) is 11.4 Å². The van der Waals surface area contributed by atoms with Crippen molar-refractivity contribution in [2.75, 3.05) is 17.2 Å². The molecule has 0 aliphatic rings. The third-order valence-corrected chi connectivity index (χ3v) is 5.97. The van der Waals surface area contributed by atoms with Gasteiger partial charge < -0.3 is 15.4 Å². The first kappa shape index (κ1) is 22.8. The van der Waals surface area contributed by atoms with Gasteiger partial charge in [0, 0.05) is 27.7 Å². The molecule has 0 bridgehead atoms. The summed E-state index contributed by atoms with van der Waals surface area (Å²) in [6.45, 7) is 1.32. The lowest BCUT2D eigenvalue weighted by Crippen LogP contribution is -2.22. The van der Waals surface area contributed by atoms with Gasteiger partial charge >= 0.3 is 5.97 Å². The molecule has 160 valence electrons. The van der Waals surface area contributed by atoms with E-state index in [0.29, 0.717) is 22.0 Å². The van der Waals surface area contributed by atoms with Crippen LogP contribution in [0.2, 0.25) is 5.02 Å². The van der Waals surface area contributed by atoms with Crippen molar-refractivity contribution in [2.24, 2.45) is 0 Å². The van der Waals surface area contributed by atoms with Crippen LogP contribution in [0, 0.1) is 6.92 Å². The summed E-state index contributed by atoms with van der Waals surface area (Å²) in [5.74, 6) is -1.43. The van der Waals surface area contributed by atoms with Crippen LogP contribution >= 0.6 is 27.5 Å². The fourth-order valence-corrected chi connectivity index (χ4v) is 3.55. The number of benzene rings is 3. The zero-order chi connectivity index (χ0) is 22.4. The second-order valence-corrected chi connectivity index (χ2v) is 8.05. The van der Waals surface area contributed by atoms with Gasteiger partial charge in [-0.2, -0.15) is 0 Å². The minimum absolute atomic E-state index is 0.0505. The number of halogens is 2. The van der Waals surface area contributed by atoms with E-state index in [9.17, 15) is 14.4 Å². The summed E-state index contributed by atoms with van der Waals surface area (Å²) >= 11 is 9.44. The second-order valence-electron chi connectivity index (χ2n) is 6.82. The van der Waals surface area contributed by atoms with Crippen molar-refractivity contribution in [3.63, 3.8) is 0 Å². The standard InChI is InChI=1S/C23H20BrClN2O4/c1-14-18(10-9-17(24)23(14)25)26-21(29)13-31-22(30)12-11-20(28)27-19-8-4-6-15-5-2-3-7-16(15)19/h2-10H,11-13H2,1H3,(H,26,29)(H,27,28). The Balaban J connectivity index is 1.45. The Labute approximate surface area is 193 Å². The Kier molecular flexibility index (Phi) is 7.65. The summed E-state index contributed by atoms with van der Waals surface area (Å²) in [5.41, 5.74) is 1.91. The molecule has 8 heteroatoms. The monoisotopic (exact) mass is 502 g/mol. The molecule has 0 heterocycles. The summed E-state index contributed by atoms with van der Waals surface area (Å²) in [4.78, 5) is 36.2. The van der Waals surface area contributed by atoms with E-state index in [1.807, 2.05) is 36.4 Å². The number of anilines is 2.